The van der Waals surface area contributed by atoms with Gasteiger partial charge in [-0.2, -0.15) is 0 Å². The summed E-state index contributed by atoms with van der Waals surface area (Å²) in [6, 6.07) is 0. The fourth-order valence-corrected chi connectivity index (χ4v) is 11.8. The summed E-state index contributed by atoms with van der Waals surface area (Å²) < 4.78 is 63.1. The second-order valence-corrected chi connectivity index (χ2v) is 17.3. The van der Waals surface area contributed by atoms with Gasteiger partial charge in [-0.05, 0) is 56.4 Å². The number of hydrogen-bond donors (Lipinski definition) is 0. The van der Waals surface area contributed by atoms with Crippen LogP contribution in [0, 0.1) is 34.0 Å². The lowest BCUT2D eigenvalue weighted by Gasteiger charge is -2.78. The molecule has 0 amide bonds. The van der Waals surface area contributed by atoms with Crippen molar-refractivity contribution in [1.82, 2.24) is 0 Å². The summed E-state index contributed by atoms with van der Waals surface area (Å²) in [4.78, 5) is 77.9. The molecule has 16 nitrogen and oxygen atoms in total. The molecule has 0 aromatic heterocycles. The van der Waals surface area contributed by atoms with Gasteiger partial charge in [-0.1, -0.05) is 20.4 Å². The molecule has 3 spiro atoms. The number of esters is 5. The predicted molar refractivity (Wildman–Crippen MR) is 183 cm³/mol. The van der Waals surface area contributed by atoms with Gasteiger partial charge < -0.3 is 47.4 Å². The second-order valence-electron chi connectivity index (χ2n) is 17.3. The summed E-state index contributed by atoms with van der Waals surface area (Å²) in [5.41, 5.74) is -2.71. The highest BCUT2D eigenvalue weighted by Gasteiger charge is 2.91. The Morgan fingerprint density at radius 2 is 1.42 bits per heavy atom. The average Bonchev–Trinajstić information content (AvgIpc) is 3.17. The van der Waals surface area contributed by atoms with E-state index in [9.17, 15) is 24.0 Å². The van der Waals surface area contributed by atoms with E-state index in [4.69, 9.17) is 47.4 Å². The minimum absolute atomic E-state index is 0.0666. The molecule has 0 radical (unpaired) electrons. The van der Waals surface area contributed by atoms with Crippen LogP contribution in [0.25, 0.3) is 0 Å². The number of ether oxygens (including phenoxy) is 10. The Bertz CT molecular complexity index is 1690. The molecule has 4 aliphatic heterocycles. The largest absolute Gasteiger partial charge is 0.463 e. The zero-order chi connectivity index (χ0) is 40.2. The Labute approximate surface area is 319 Å². The summed E-state index contributed by atoms with van der Waals surface area (Å²) in [5.74, 6) is -8.34. The number of carbonyl (C=O) groups is 6. The minimum Gasteiger partial charge on any atom is -0.463 e. The Morgan fingerprint density at radius 1 is 0.800 bits per heavy atom. The molecule has 4 aliphatic carbocycles. The van der Waals surface area contributed by atoms with Crippen molar-refractivity contribution in [3.8, 4) is 0 Å². The average molecular weight is 777 g/mol. The van der Waals surface area contributed by atoms with Crippen LogP contribution in [-0.2, 0) is 76.1 Å². The van der Waals surface area contributed by atoms with Gasteiger partial charge in [-0.25, -0.2) is 0 Å². The molecule has 0 unspecified atom stereocenters. The summed E-state index contributed by atoms with van der Waals surface area (Å²) in [6.45, 7) is 17.5. The van der Waals surface area contributed by atoms with Gasteiger partial charge in [0.25, 0.3) is 0 Å². The predicted octanol–water partition coefficient (Wildman–Crippen LogP) is 2.85. The van der Waals surface area contributed by atoms with Crippen molar-refractivity contribution in [2.45, 2.75) is 149 Å². The Hall–Kier alpha value is -3.44. The third kappa shape index (κ3) is 5.78. The van der Waals surface area contributed by atoms with Gasteiger partial charge in [0.15, 0.2) is 36.2 Å². The first-order valence-corrected chi connectivity index (χ1v) is 19.0. The van der Waals surface area contributed by atoms with Crippen molar-refractivity contribution < 1.29 is 76.1 Å². The number of hydrogen-bond acceptors (Lipinski definition) is 16. The second kappa shape index (κ2) is 13.3. The van der Waals surface area contributed by atoms with Gasteiger partial charge in [0.2, 0.25) is 5.79 Å². The molecule has 16 heteroatoms. The number of carbonyl (C=O) groups excluding carboxylic acids is 6. The first-order valence-electron chi connectivity index (χ1n) is 19.0. The van der Waals surface area contributed by atoms with Crippen LogP contribution >= 0.6 is 0 Å². The zero-order valence-electron chi connectivity index (χ0n) is 32.8. The molecule has 55 heavy (non-hydrogen) atoms. The Balaban J connectivity index is 1.45. The fourth-order valence-electron chi connectivity index (χ4n) is 11.8. The van der Waals surface area contributed by atoms with Crippen LogP contribution in [-0.4, -0.2) is 109 Å². The van der Waals surface area contributed by atoms with Crippen molar-refractivity contribution in [1.29, 1.82) is 0 Å². The van der Waals surface area contributed by atoms with Crippen LogP contribution in [0.1, 0.15) is 88.0 Å². The monoisotopic (exact) mass is 776 g/mol. The van der Waals surface area contributed by atoms with Crippen LogP contribution in [0.2, 0.25) is 0 Å². The highest BCUT2D eigenvalue weighted by atomic mass is 16.8. The smallest absolute Gasteiger partial charge is 0.303 e. The molecule has 8 rings (SSSR count). The molecule has 0 N–H and O–H groups in total. The topological polar surface area (TPSA) is 195 Å². The third-order valence-corrected chi connectivity index (χ3v) is 13.1. The van der Waals surface area contributed by atoms with E-state index in [1.807, 2.05) is 0 Å². The molecule has 4 bridgehead atoms. The van der Waals surface area contributed by atoms with Crippen molar-refractivity contribution >= 4 is 35.6 Å². The third-order valence-electron chi connectivity index (χ3n) is 13.1. The number of fused-ring (bicyclic) bond motifs is 1. The molecule has 304 valence electrons. The maximum absolute atomic E-state index is 15.1. The van der Waals surface area contributed by atoms with Crippen molar-refractivity contribution in [2.75, 3.05) is 13.2 Å². The first kappa shape index (κ1) is 39.8. The Kier molecular flexibility index (Phi) is 9.63. The molecular weight excluding hydrogens is 724 g/mol. The van der Waals surface area contributed by atoms with E-state index in [2.05, 4.69) is 20.4 Å². The van der Waals surface area contributed by atoms with Crippen molar-refractivity contribution in [3.63, 3.8) is 0 Å². The van der Waals surface area contributed by atoms with Crippen molar-refractivity contribution in [2.24, 2.45) is 34.0 Å². The van der Waals surface area contributed by atoms with E-state index in [-0.39, 0.29) is 18.3 Å². The molecule has 0 aromatic carbocycles. The van der Waals surface area contributed by atoms with E-state index < -0.39 is 125 Å². The lowest BCUT2D eigenvalue weighted by atomic mass is 9.35. The number of ketones is 1. The van der Waals surface area contributed by atoms with Gasteiger partial charge in [0, 0.05) is 51.9 Å². The van der Waals surface area contributed by atoms with E-state index in [1.165, 1.54) is 13.8 Å². The fraction of sp³-hybridized carbons (Fsp3) is 0.795. The molecule has 14 atom stereocenters. The summed E-state index contributed by atoms with van der Waals surface area (Å²) in [7, 11) is 0. The molecule has 8 aliphatic rings. The lowest BCUT2D eigenvalue weighted by Crippen LogP contribution is -2.89. The van der Waals surface area contributed by atoms with Crippen LogP contribution in [0.5, 0.6) is 0 Å². The van der Waals surface area contributed by atoms with E-state index >= 15 is 4.79 Å². The van der Waals surface area contributed by atoms with Gasteiger partial charge in [-0.15, -0.1) is 0 Å². The zero-order valence-corrected chi connectivity index (χ0v) is 32.8. The van der Waals surface area contributed by atoms with Crippen LogP contribution in [0.3, 0.4) is 0 Å². The first-order chi connectivity index (χ1) is 25.6. The van der Waals surface area contributed by atoms with Crippen LogP contribution in [0.15, 0.2) is 12.2 Å². The summed E-state index contributed by atoms with van der Waals surface area (Å²) in [5, 5.41) is 0. The van der Waals surface area contributed by atoms with Crippen LogP contribution in [0.4, 0.5) is 0 Å². The van der Waals surface area contributed by atoms with Gasteiger partial charge in [0.1, 0.15) is 30.3 Å². The van der Waals surface area contributed by atoms with E-state index in [0.29, 0.717) is 31.3 Å². The molecule has 4 saturated carbocycles. The Morgan fingerprint density at radius 3 is 2.04 bits per heavy atom. The molecule has 8 fully saturated rings. The van der Waals surface area contributed by atoms with E-state index in [1.54, 1.807) is 13.8 Å². The molecular formula is C39H52O16. The maximum Gasteiger partial charge on any atom is 0.303 e. The number of Topliss-reactive ketones (excluding diaryl/α,β-unsaturated/α-hetero) is 1. The molecule has 0 aromatic rings. The quantitative estimate of drug-likeness (QED) is 0.151. The van der Waals surface area contributed by atoms with E-state index in [0.717, 1.165) is 20.8 Å². The number of rotatable bonds is 8. The lowest BCUT2D eigenvalue weighted by molar-refractivity contribution is -0.543. The van der Waals surface area contributed by atoms with Crippen LogP contribution < -0.4 is 0 Å². The summed E-state index contributed by atoms with van der Waals surface area (Å²) in [6.07, 6.45) is -7.82. The highest BCUT2D eigenvalue weighted by Crippen LogP contribution is 2.80. The minimum atomic E-state index is -1.85. The molecule has 4 heterocycles. The normalized spacial score (nSPS) is 44.3. The molecule has 4 saturated heterocycles. The van der Waals surface area contributed by atoms with Gasteiger partial charge >= 0.3 is 29.8 Å². The van der Waals surface area contributed by atoms with Crippen molar-refractivity contribution in [3.05, 3.63) is 12.2 Å². The highest BCUT2D eigenvalue weighted by molar-refractivity contribution is 6.05. The van der Waals surface area contributed by atoms with Gasteiger partial charge in [0.05, 0.1) is 12.7 Å². The summed E-state index contributed by atoms with van der Waals surface area (Å²) >= 11 is 0. The standard InChI is InChI=1S/C39H52O16/c1-17-23-11-12-25-37-16-47-39(38(25,31(17)45)32(23)54-36(9,10)55-39)33(30(37)35(7,8)14-13-26(37)48-19(3)41)53-34-29(51-22(6)44)28(50-21(5)43)27(49-20(4)42)24(52-34)15-46-18(2)40/h23-30,32-34H,1,11-16H2,2-10H3/t23-,24+,25-,26-,27+,28-,29+,30+,32+,33-,34-,37+,38-,39-/m0/s1. The SMILES string of the molecule is C=C1C(=O)[C@@]23[C@@H]4OC(C)(C)O[C@]25OC[C@]2([C@@H](OC(C)=O)CCC(C)(C)[C@H]2[C@@H]5O[C@@H]2O[C@H](COC(C)=O)[C@@H](OC(C)=O)[C@H](OC(C)=O)[C@H]2OC(C)=O)[C@@H]3CC[C@@H]14. The maximum atomic E-state index is 15.1. The van der Waals surface area contributed by atoms with Gasteiger partial charge in [-0.3, -0.25) is 28.8 Å².